The average molecular weight is 655 g/mol. The average Bonchev–Trinajstić information content (AvgIpc) is 2.79. The van der Waals surface area contributed by atoms with E-state index in [1.165, 1.54) is 19.0 Å². The lowest BCUT2D eigenvalue weighted by molar-refractivity contribution is -0.153. The third kappa shape index (κ3) is 5.50. The van der Waals surface area contributed by atoms with E-state index >= 15 is 0 Å². The number of phenolic OH excluding ortho intramolecular Hbond substituents is 1. The Kier molecular flexibility index (Phi) is 9.79. The zero-order chi connectivity index (χ0) is 31.1. The first-order valence-electron chi connectivity index (χ1n) is 13.0. The van der Waals surface area contributed by atoms with Gasteiger partial charge >= 0.3 is 6.18 Å². The molecule has 0 saturated heterocycles. The molecule has 3 aliphatic rings. The minimum atomic E-state index is -4.90. The first kappa shape index (κ1) is 36.4. The number of rotatable bonds is 4. The fourth-order valence-electron chi connectivity index (χ4n) is 6.35. The van der Waals surface area contributed by atoms with Crippen molar-refractivity contribution >= 4 is 48.0 Å². The minimum Gasteiger partial charge on any atom is -0.508 e. The molecule has 0 spiro atoms. The molecule has 0 radical (unpaired) electrons. The van der Waals surface area contributed by atoms with E-state index < -0.39 is 104 Å². The number of alkyl halides is 3. The summed E-state index contributed by atoms with van der Waals surface area (Å²) in [5.74, 6) is -9.06. The van der Waals surface area contributed by atoms with Gasteiger partial charge in [-0.1, -0.05) is 0 Å². The van der Waals surface area contributed by atoms with Crippen LogP contribution in [0, 0.1) is 11.8 Å². The molecule has 1 aromatic rings. The quantitative estimate of drug-likeness (QED) is 0.307. The van der Waals surface area contributed by atoms with Crippen LogP contribution in [0.25, 0.3) is 5.76 Å². The second-order valence-electron chi connectivity index (χ2n) is 12.3. The van der Waals surface area contributed by atoms with Crippen molar-refractivity contribution in [3.05, 3.63) is 45.2 Å². The molecule has 4 rings (SSSR count). The predicted molar refractivity (Wildman–Crippen MR) is 155 cm³/mol. The molecule has 3 aliphatic carbocycles. The number of aliphatic hydroxyl groups excluding tert-OH is 2. The number of benzene rings is 1. The number of ketones is 2. The number of hydrogen-bond donors (Lipinski definition) is 5. The largest absolute Gasteiger partial charge is 0.508 e. The van der Waals surface area contributed by atoms with Crippen LogP contribution in [0.5, 0.6) is 5.75 Å². The van der Waals surface area contributed by atoms with Crippen LogP contribution in [0.4, 0.5) is 13.2 Å². The molecular formula is C28H36Cl2F3N3O7. The van der Waals surface area contributed by atoms with E-state index in [2.05, 4.69) is 0 Å². The molecule has 1 aromatic carbocycles. The number of aromatic hydroxyl groups is 1. The summed E-state index contributed by atoms with van der Waals surface area (Å²) in [5, 5.41) is 44.6. The minimum absolute atomic E-state index is 0. The van der Waals surface area contributed by atoms with E-state index in [1.54, 1.807) is 11.9 Å². The van der Waals surface area contributed by atoms with Crippen molar-refractivity contribution < 1.29 is 48.0 Å². The fraction of sp³-hybridized carbons (Fsp3) is 0.536. The molecule has 6 N–H and O–H groups in total. The number of amides is 1. The molecule has 0 heterocycles. The van der Waals surface area contributed by atoms with Crippen LogP contribution in [-0.2, 0) is 33.5 Å². The zero-order valence-electron chi connectivity index (χ0n) is 24.4. The van der Waals surface area contributed by atoms with Crippen molar-refractivity contribution in [3.8, 4) is 5.75 Å². The van der Waals surface area contributed by atoms with Gasteiger partial charge in [0.25, 0.3) is 5.91 Å². The maximum absolute atomic E-state index is 14.6. The van der Waals surface area contributed by atoms with Gasteiger partial charge in [0.15, 0.2) is 11.4 Å². The Bertz CT molecular complexity index is 1440. The highest BCUT2D eigenvalue weighted by Gasteiger charge is 2.64. The molecule has 0 bridgehead atoms. The number of halogens is 5. The molecule has 0 aliphatic heterocycles. The zero-order valence-corrected chi connectivity index (χ0v) is 26.0. The standard InChI is InChI=1S/C28H34F3N3O7.2ClH/c1-26(2,3)34(6)10-12-9-15(35)17-13(19(12)28(29,30)31)7-11-8-14-20(33(4)5)22(37)18(25(32)40)24(39)27(14,41)23(38)16(11)21(17)36;;/h9,11,14,20,35-36,39,41H,7-8,10H2,1-6H3,(H2,32,40);2*1H/t11-,14-,20-,27-;;/m0../s1. The third-order valence-corrected chi connectivity index (χ3v) is 8.64. The SMILES string of the molecule is CN(C)[C@@H]1C(=O)C(C(N)=O)=C(O)[C@@]2(O)C(=O)C3=C(O)c4c(O)cc(CN(C)C(C)(C)C)c(C(F)(F)F)c4C[C@H]3C[C@@H]12.Cl.Cl. The number of primary amides is 1. The van der Waals surface area contributed by atoms with Gasteiger partial charge in [-0.05, 0) is 77.9 Å². The van der Waals surface area contributed by atoms with E-state index in [9.17, 15) is 48.0 Å². The molecule has 0 unspecified atom stereocenters. The number of nitrogens with two attached hydrogens (primary N) is 1. The first-order chi connectivity index (χ1) is 18.6. The normalized spacial score (nSPS) is 25.6. The molecule has 1 saturated carbocycles. The Morgan fingerprint density at radius 2 is 1.65 bits per heavy atom. The number of fused-ring (bicyclic) bond motifs is 3. The fourth-order valence-corrected chi connectivity index (χ4v) is 6.35. The molecular weight excluding hydrogens is 618 g/mol. The van der Waals surface area contributed by atoms with Crippen LogP contribution >= 0.6 is 24.8 Å². The Hall–Kier alpha value is -2.84. The smallest absolute Gasteiger partial charge is 0.417 e. The van der Waals surface area contributed by atoms with Crippen LogP contribution in [0.15, 0.2) is 23.0 Å². The van der Waals surface area contributed by atoms with Crippen LogP contribution in [0.1, 0.15) is 49.4 Å². The number of aliphatic hydroxyl groups is 3. The Balaban J connectivity index is 0.00000323. The summed E-state index contributed by atoms with van der Waals surface area (Å²) < 4.78 is 43.9. The van der Waals surface area contributed by atoms with E-state index in [1.807, 2.05) is 20.8 Å². The van der Waals surface area contributed by atoms with E-state index in [-0.39, 0.29) is 43.3 Å². The van der Waals surface area contributed by atoms with Crippen molar-refractivity contribution in [3.63, 3.8) is 0 Å². The van der Waals surface area contributed by atoms with Gasteiger partial charge in [-0.25, -0.2) is 0 Å². The lowest BCUT2D eigenvalue weighted by atomic mass is 9.57. The summed E-state index contributed by atoms with van der Waals surface area (Å²) in [5.41, 5.74) is -1.88. The number of carbonyl (C=O) groups excluding carboxylic acids is 3. The van der Waals surface area contributed by atoms with Crippen molar-refractivity contribution in [1.29, 1.82) is 0 Å². The molecule has 240 valence electrons. The summed E-state index contributed by atoms with van der Waals surface area (Å²) in [6.45, 7) is 5.26. The van der Waals surface area contributed by atoms with Crippen LogP contribution in [0.3, 0.4) is 0 Å². The number of likely N-dealkylation sites (N-methyl/N-ethyl adjacent to an activating group) is 1. The van der Waals surface area contributed by atoms with Gasteiger partial charge in [0.05, 0.1) is 17.2 Å². The van der Waals surface area contributed by atoms with Gasteiger partial charge in [-0.15, -0.1) is 24.8 Å². The Labute approximate surface area is 258 Å². The molecule has 1 fully saturated rings. The van der Waals surface area contributed by atoms with Gasteiger partial charge in [-0.2, -0.15) is 13.2 Å². The predicted octanol–water partition coefficient (Wildman–Crippen LogP) is 3.06. The summed E-state index contributed by atoms with van der Waals surface area (Å²) >= 11 is 0. The second kappa shape index (κ2) is 11.6. The van der Waals surface area contributed by atoms with E-state index in [0.717, 1.165) is 6.07 Å². The maximum Gasteiger partial charge on any atom is 0.417 e. The molecule has 4 atom stereocenters. The number of hydrogen-bond acceptors (Lipinski definition) is 9. The topological polar surface area (TPSA) is 165 Å². The highest BCUT2D eigenvalue weighted by molar-refractivity contribution is 6.24. The summed E-state index contributed by atoms with van der Waals surface area (Å²) in [6, 6.07) is -0.440. The van der Waals surface area contributed by atoms with Gasteiger partial charge in [0.1, 0.15) is 22.8 Å². The molecule has 1 amide bonds. The highest BCUT2D eigenvalue weighted by Crippen LogP contribution is 2.54. The first-order valence-corrected chi connectivity index (χ1v) is 13.0. The number of Topliss-reactive ketones (excluding diaryl/α,β-unsaturated/α-hetero) is 2. The second-order valence-corrected chi connectivity index (χ2v) is 12.3. The molecule has 15 heteroatoms. The lowest BCUT2D eigenvalue weighted by Crippen LogP contribution is -2.65. The molecule has 43 heavy (non-hydrogen) atoms. The number of nitrogens with zero attached hydrogens (tertiary/aromatic N) is 2. The van der Waals surface area contributed by atoms with Crippen molar-refractivity contribution in [1.82, 2.24) is 9.80 Å². The van der Waals surface area contributed by atoms with Crippen molar-refractivity contribution in [2.45, 2.75) is 63.5 Å². The Morgan fingerprint density at radius 1 is 1.09 bits per heavy atom. The monoisotopic (exact) mass is 653 g/mol. The Morgan fingerprint density at radius 3 is 2.12 bits per heavy atom. The summed E-state index contributed by atoms with van der Waals surface area (Å²) in [7, 11) is 4.51. The van der Waals surface area contributed by atoms with Gasteiger partial charge in [-0.3, -0.25) is 24.2 Å². The van der Waals surface area contributed by atoms with Gasteiger partial charge < -0.3 is 26.2 Å². The van der Waals surface area contributed by atoms with Crippen molar-refractivity contribution in [2.24, 2.45) is 17.6 Å². The van der Waals surface area contributed by atoms with Crippen LogP contribution in [0.2, 0.25) is 0 Å². The molecule has 0 aromatic heterocycles. The van der Waals surface area contributed by atoms with Crippen molar-refractivity contribution in [2.75, 3.05) is 21.1 Å². The molecule has 10 nitrogen and oxygen atoms in total. The van der Waals surface area contributed by atoms with Crippen LogP contribution < -0.4 is 5.73 Å². The maximum atomic E-state index is 14.6. The van der Waals surface area contributed by atoms with E-state index in [4.69, 9.17) is 5.73 Å². The summed E-state index contributed by atoms with van der Waals surface area (Å²) in [6.07, 6.45) is -5.66. The van der Waals surface area contributed by atoms with E-state index in [0.29, 0.717) is 0 Å². The number of carbonyl (C=O) groups is 3. The van der Waals surface area contributed by atoms with Gasteiger partial charge in [0.2, 0.25) is 5.78 Å². The third-order valence-electron chi connectivity index (χ3n) is 8.64. The van der Waals surface area contributed by atoms with Gasteiger partial charge in [0, 0.05) is 23.6 Å². The highest BCUT2D eigenvalue weighted by atomic mass is 35.5. The lowest BCUT2D eigenvalue weighted by Gasteiger charge is -2.50. The van der Waals surface area contributed by atoms with Crippen LogP contribution in [-0.4, -0.2) is 86.0 Å². The number of phenols is 1. The summed E-state index contributed by atoms with van der Waals surface area (Å²) in [4.78, 5) is 42.1.